The normalized spacial score (nSPS) is 21.1. The highest BCUT2D eigenvalue weighted by atomic mass is 15.1. The Balaban J connectivity index is 1.96. The Labute approximate surface area is 104 Å². The van der Waals surface area contributed by atoms with E-state index in [4.69, 9.17) is 0 Å². The summed E-state index contributed by atoms with van der Waals surface area (Å²) in [6, 6.07) is 6.73. The third-order valence-electron chi connectivity index (χ3n) is 3.23. The molecule has 1 aromatic heterocycles. The summed E-state index contributed by atoms with van der Waals surface area (Å²) in [6.45, 7) is 6.72. The molecule has 1 fully saturated rings. The van der Waals surface area contributed by atoms with Crippen LogP contribution in [-0.4, -0.2) is 36.1 Å². The van der Waals surface area contributed by atoms with Crippen LogP contribution >= 0.6 is 0 Å². The van der Waals surface area contributed by atoms with Gasteiger partial charge in [-0.05, 0) is 58.3 Å². The number of pyridine rings is 1. The lowest BCUT2D eigenvalue weighted by Gasteiger charge is -2.12. The third kappa shape index (κ3) is 3.70. The van der Waals surface area contributed by atoms with Crippen LogP contribution in [0, 0.1) is 5.92 Å². The number of likely N-dealkylation sites (tertiary alicyclic amines) is 1. The van der Waals surface area contributed by atoms with Crippen LogP contribution < -0.4 is 5.32 Å². The lowest BCUT2D eigenvalue weighted by atomic mass is 10.0. The predicted molar refractivity (Wildman–Crippen MR) is 72.3 cm³/mol. The van der Waals surface area contributed by atoms with Crippen molar-refractivity contribution in [3.8, 4) is 0 Å². The summed E-state index contributed by atoms with van der Waals surface area (Å²) in [5.74, 6) is 1.78. The van der Waals surface area contributed by atoms with Crippen LogP contribution in [0.1, 0.15) is 26.0 Å². The first-order valence-corrected chi connectivity index (χ1v) is 6.54. The van der Waals surface area contributed by atoms with Crippen molar-refractivity contribution in [1.29, 1.82) is 0 Å². The zero-order valence-corrected chi connectivity index (χ0v) is 11.1. The van der Waals surface area contributed by atoms with E-state index in [1.165, 1.54) is 25.2 Å². The molecule has 0 amide bonds. The topological polar surface area (TPSA) is 28.2 Å². The van der Waals surface area contributed by atoms with Crippen molar-refractivity contribution in [3.05, 3.63) is 23.9 Å². The van der Waals surface area contributed by atoms with Crippen LogP contribution in [0.15, 0.2) is 18.2 Å². The van der Waals surface area contributed by atoms with Crippen molar-refractivity contribution in [2.24, 2.45) is 5.92 Å². The van der Waals surface area contributed by atoms with Crippen molar-refractivity contribution in [1.82, 2.24) is 9.88 Å². The van der Waals surface area contributed by atoms with Gasteiger partial charge < -0.3 is 10.2 Å². The van der Waals surface area contributed by atoms with E-state index in [9.17, 15) is 0 Å². The van der Waals surface area contributed by atoms with Crippen LogP contribution in [0.3, 0.4) is 0 Å². The Hall–Kier alpha value is -1.09. The molecule has 0 spiro atoms. The summed E-state index contributed by atoms with van der Waals surface area (Å²) < 4.78 is 0. The monoisotopic (exact) mass is 233 g/mol. The lowest BCUT2D eigenvalue weighted by molar-refractivity contribution is 0.393. The second-order valence-electron chi connectivity index (χ2n) is 5.43. The van der Waals surface area contributed by atoms with Gasteiger partial charge in [-0.15, -0.1) is 0 Å². The van der Waals surface area contributed by atoms with Crippen molar-refractivity contribution in [3.63, 3.8) is 0 Å². The molecule has 94 valence electrons. The number of anilines is 1. The van der Waals surface area contributed by atoms with E-state index in [1.54, 1.807) is 0 Å². The SMILES string of the molecule is CC(C)Nc1cccc(CC2CCN(C)C2)n1. The molecule has 3 heteroatoms. The fraction of sp³-hybridized carbons (Fsp3) is 0.643. The number of nitrogens with zero attached hydrogens (tertiary/aromatic N) is 2. The number of hydrogen-bond acceptors (Lipinski definition) is 3. The highest BCUT2D eigenvalue weighted by Gasteiger charge is 2.20. The molecule has 2 rings (SSSR count). The molecule has 0 aromatic carbocycles. The molecule has 1 aromatic rings. The van der Waals surface area contributed by atoms with Crippen molar-refractivity contribution in [2.45, 2.75) is 32.7 Å². The van der Waals surface area contributed by atoms with Gasteiger partial charge in [-0.2, -0.15) is 0 Å². The first-order valence-electron chi connectivity index (χ1n) is 6.54. The minimum atomic E-state index is 0.440. The minimum absolute atomic E-state index is 0.440. The average Bonchev–Trinajstić information content (AvgIpc) is 2.63. The minimum Gasteiger partial charge on any atom is -0.368 e. The molecule has 2 heterocycles. The summed E-state index contributed by atoms with van der Waals surface area (Å²) in [5.41, 5.74) is 1.22. The Kier molecular flexibility index (Phi) is 4.00. The van der Waals surface area contributed by atoms with Crippen molar-refractivity contribution < 1.29 is 0 Å². The summed E-state index contributed by atoms with van der Waals surface area (Å²) in [7, 11) is 2.20. The number of aromatic nitrogens is 1. The van der Waals surface area contributed by atoms with Gasteiger partial charge in [0.1, 0.15) is 5.82 Å². The van der Waals surface area contributed by atoms with Gasteiger partial charge in [0.15, 0.2) is 0 Å². The first kappa shape index (κ1) is 12.4. The molecule has 0 aliphatic carbocycles. The van der Waals surface area contributed by atoms with E-state index < -0.39 is 0 Å². The largest absolute Gasteiger partial charge is 0.368 e. The molecule has 0 bridgehead atoms. The molecular formula is C14H23N3. The fourth-order valence-corrected chi connectivity index (χ4v) is 2.46. The van der Waals surface area contributed by atoms with Crippen LogP contribution in [-0.2, 0) is 6.42 Å². The molecule has 17 heavy (non-hydrogen) atoms. The zero-order chi connectivity index (χ0) is 12.3. The third-order valence-corrected chi connectivity index (χ3v) is 3.23. The molecule has 1 N–H and O–H groups in total. The molecule has 1 unspecified atom stereocenters. The van der Waals surface area contributed by atoms with Gasteiger partial charge in [-0.1, -0.05) is 6.07 Å². The Morgan fingerprint density at radius 2 is 2.29 bits per heavy atom. The van der Waals surface area contributed by atoms with E-state index in [1.807, 2.05) is 6.07 Å². The quantitative estimate of drug-likeness (QED) is 0.865. The maximum absolute atomic E-state index is 4.67. The van der Waals surface area contributed by atoms with Crippen molar-refractivity contribution >= 4 is 5.82 Å². The van der Waals surface area contributed by atoms with Gasteiger partial charge in [0.2, 0.25) is 0 Å². The van der Waals surface area contributed by atoms with E-state index in [0.29, 0.717) is 6.04 Å². The molecule has 1 atom stereocenters. The average molecular weight is 233 g/mol. The molecule has 3 nitrogen and oxygen atoms in total. The van der Waals surface area contributed by atoms with Gasteiger partial charge in [-0.3, -0.25) is 0 Å². The summed E-state index contributed by atoms with van der Waals surface area (Å²) >= 11 is 0. The van der Waals surface area contributed by atoms with Gasteiger partial charge in [0, 0.05) is 18.3 Å². The van der Waals surface area contributed by atoms with Gasteiger partial charge in [0.25, 0.3) is 0 Å². The smallest absolute Gasteiger partial charge is 0.126 e. The first-order chi connectivity index (χ1) is 8.13. The molecule has 0 saturated carbocycles. The second kappa shape index (κ2) is 5.50. The number of rotatable bonds is 4. The summed E-state index contributed by atoms with van der Waals surface area (Å²) in [4.78, 5) is 7.08. The van der Waals surface area contributed by atoms with Crippen LogP contribution in [0.2, 0.25) is 0 Å². The zero-order valence-electron chi connectivity index (χ0n) is 11.1. The highest BCUT2D eigenvalue weighted by Crippen LogP contribution is 2.19. The van der Waals surface area contributed by atoms with Crippen molar-refractivity contribution in [2.75, 3.05) is 25.5 Å². The molecule has 0 radical (unpaired) electrons. The summed E-state index contributed by atoms with van der Waals surface area (Å²) in [5, 5.41) is 3.36. The number of hydrogen-bond donors (Lipinski definition) is 1. The standard InChI is InChI=1S/C14H23N3/c1-11(2)15-14-6-4-5-13(16-14)9-12-7-8-17(3)10-12/h4-6,11-12H,7-10H2,1-3H3,(H,15,16). The Morgan fingerprint density at radius 3 is 2.94 bits per heavy atom. The van der Waals surface area contributed by atoms with Gasteiger partial charge in [0.05, 0.1) is 0 Å². The lowest BCUT2D eigenvalue weighted by Crippen LogP contribution is -2.16. The fourth-order valence-electron chi connectivity index (χ4n) is 2.46. The van der Waals surface area contributed by atoms with Crippen LogP contribution in [0.4, 0.5) is 5.82 Å². The Morgan fingerprint density at radius 1 is 1.47 bits per heavy atom. The highest BCUT2D eigenvalue weighted by molar-refractivity contribution is 5.36. The molecular weight excluding hydrogens is 210 g/mol. The maximum atomic E-state index is 4.67. The Bertz CT molecular complexity index is 362. The second-order valence-corrected chi connectivity index (χ2v) is 5.43. The summed E-state index contributed by atoms with van der Waals surface area (Å²) in [6.07, 6.45) is 2.41. The predicted octanol–water partition coefficient (Wildman–Crippen LogP) is 2.40. The van der Waals surface area contributed by atoms with Gasteiger partial charge in [-0.25, -0.2) is 4.98 Å². The molecule has 1 aliphatic rings. The van der Waals surface area contributed by atoms with E-state index in [2.05, 4.69) is 48.2 Å². The van der Waals surface area contributed by atoms with E-state index in [0.717, 1.165) is 18.2 Å². The maximum Gasteiger partial charge on any atom is 0.126 e. The molecule has 1 aliphatic heterocycles. The molecule has 1 saturated heterocycles. The van der Waals surface area contributed by atoms with E-state index in [-0.39, 0.29) is 0 Å². The van der Waals surface area contributed by atoms with Crippen LogP contribution in [0.5, 0.6) is 0 Å². The van der Waals surface area contributed by atoms with Gasteiger partial charge >= 0.3 is 0 Å². The van der Waals surface area contributed by atoms with E-state index >= 15 is 0 Å². The van der Waals surface area contributed by atoms with Crippen LogP contribution in [0.25, 0.3) is 0 Å². The number of nitrogens with one attached hydrogen (secondary N) is 1.